The maximum absolute atomic E-state index is 11.3. The lowest BCUT2D eigenvalue weighted by atomic mass is 10.1. The van der Waals surface area contributed by atoms with Crippen molar-refractivity contribution in [1.82, 2.24) is 0 Å². The lowest BCUT2D eigenvalue weighted by molar-refractivity contribution is -0.118. The highest BCUT2D eigenvalue weighted by molar-refractivity contribution is 5.96. The van der Waals surface area contributed by atoms with Crippen LogP contribution in [0.15, 0.2) is 41.0 Å². The van der Waals surface area contributed by atoms with Gasteiger partial charge in [0.2, 0.25) is 0 Å². The van der Waals surface area contributed by atoms with E-state index in [2.05, 4.69) is 17.6 Å². The molecule has 5 heteroatoms. The molecule has 0 saturated heterocycles. The Labute approximate surface area is 116 Å². The highest BCUT2D eigenvalue weighted by Crippen LogP contribution is 2.30. The fourth-order valence-corrected chi connectivity index (χ4v) is 2.24. The van der Waals surface area contributed by atoms with Gasteiger partial charge in [-0.05, 0) is 37.3 Å². The normalized spacial score (nSPS) is 14.9. The molecule has 0 fully saturated rings. The molecule has 1 aromatic carbocycles. The summed E-state index contributed by atoms with van der Waals surface area (Å²) >= 11 is 0. The molecule has 0 aliphatic carbocycles. The summed E-state index contributed by atoms with van der Waals surface area (Å²) < 4.78 is 10.7. The average Bonchev–Trinajstić information content (AvgIpc) is 2.91. The first-order valence-electron chi connectivity index (χ1n) is 6.56. The maximum Gasteiger partial charge on any atom is 0.262 e. The first kappa shape index (κ1) is 12.6. The van der Waals surface area contributed by atoms with Crippen LogP contribution in [-0.2, 0) is 11.2 Å². The van der Waals surface area contributed by atoms with Crippen molar-refractivity contribution in [1.29, 1.82) is 0 Å². The van der Waals surface area contributed by atoms with Gasteiger partial charge >= 0.3 is 0 Å². The summed E-state index contributed by atoms with van der Waals surface area (Å²) in [5.74, 6) is 1.52. The van der Waals surface area contributed by atoms with Crippen LogP contribution < -0.4 is 15.4 Å². The van der Waals surface area contributed by atoms with E-state index in [1.54, 1.807) is 6.26 Å². The number of amides is 1. The van der Waals surface area contributed by atoms with Crippen LogP contribution in [0.5, 0.6) is 5.75 Å². The fraction of sp³-hybridized carbons (Fsp3) is 0.267. The van der Waals surface area contributed by atoms with Crippen LogP contribution >= 0.6 is 0 Å². The molecule has 1 aromatic heterocycles. The van der Waals surface area contributed by atoms with Gasteiger partial charge in [0.25, 0.3) is 5.91 Å². The Balaban J connectivity index is 1.68. The van der Waals surface area contributed by atoms with Crippen molar-refractivity contribution in [2.75, 3.05) is 17.2 Å². The Morgan fingerprint density at radius 1 is 1.40 bits per heavy atom. The second-order valence-electron chi connectivity index (χ2n) is 4.88. The summed E-state index contributed by atoms with van der Waals surface area (Å²) in [6, 6.07) is 9.74. The van der Waals surface area contributed by atoms with Crippen LogP contribution in [0.2, 0.25) is 0 Å². The second-order valence-corrected chi connectivity index (χ2v) is 4.88. The smallest absolute Gasteiger partial charge is 0.262 e. The molecule has 1 aliphatic rings. The van der Waals surface area contributed by atoms with Crippen molar-refractivity contribution in [3.8, 4) is 5.75 Å². The molecule has 1 atom stereocenters. The molecule has 0 saturated carbocycles. The molecule has 3 rings (SSSR count). The number of ether oxygens (including phenoxy) is 1. The first-order chi connectivity index (χ1) is 9.70. The summed E-state index contributed by atoms with van der Waals surface area (Å²) in [6.07, 6.45) is 2.47. The Kier molecular flexibility index (Phi) is 3.33. The van der Waals surface area contributed by atoms with Crippen molar-refractivity contribution >= 4 is 17.3 Å². The van der Waals surface area contributed by atoms with E-state index in [9.17, 15) is 4.79 Å². The third-order valence-electron chi connectivity index (χ3n) is 3.11. The van der Waals surface area contributed by atoms with E-state index in [1.165, 1.54) is 0 Å². The zero-order valence-corrected chi connectivity index (χ0v) is 11.2. The Morgan fingerprint density at radius 3 is 3.10 bits per heavy atom. The molecule has 1 amide bonds. The van der Waals surface area contributed by atoms with Gasteiger partial charge in [-0.15, -0.1) is 0 Å². The molecule has 1 unspecified atom stereocenters. The zero-order chi connectivity index (χ0) is 13.9. The summed E-state index contributed by atoms with van der Waals surface area (Å²) in [7, 11) is 0. The predicted molar refractivity (Wildman–Crippen MR) is 76.1 cm³/mol. The van der Waals surface area contributed by atoms with Crippen LogP contribution in [0, 0.1) is 0 Å². The number of anilines is 2. The molecule has 1 aliphatic heterocycles. The van der Waals surface area contributed by atoms with Crippen LogP contribution in [0.1, 0.15) is 12.7 Å². The van der Waals surface area contributed by atoms with E-state index in [0.29, 0.717) is 11.4 Å². The summed E-state index contributed by atoms with van der Waals surface area (Å²) in [4.78, 5) is 11.3. The largest absolute Gasteiger partial charge is 0.482 e. The Bertz CT molecular complexity index is 608. The Hall–Kier alpha value is -2.43. The van der Waals surface area contributed by atoms with E-state index in [1.807, 2.05) is 30.3 Å². The molecule has 104 valence electrons. The molecule has 0 spiro atoms. The number of hydrogen-bond donors (Lipinski definition) is 2. The van der Waals surface area contributed by atoms with Crippen LogP contribution in [-0.4, -0.2) is 18.6 Å². The monoisotopic (exact) mass is 272 g/mol. The van der Waals surface area contributed by atoms with E-state index in [4.69, 9.17) is 9.15 Å². The molecule has 0 bridgehead atoms. The van der Waals surface area contributed by atoms with Gasteiger partial charge in [0.1, 0.15) is 11.5 Å². The Morgan fingerprint density at radius 2 is 2.30 bits per heavy atom. The lowest BCUT2D eigenvalue weighted by Crippen LogP contribution is -2.25. The fourth-order valence-electron chi connectivity index (χ4n) is 2.24. The topological polar surface area (TPSA) is 63.5 Å². The second kappa shape index (κ2) is 5.28. The molecular weight excluding hydrogens is 256 g/mol. The highest BCUT2D eigenvalue weighted by Gasteiger charge is 2.16. The quantitative estimate of drug-likeness (QED) is 0.898. The molecule has 5 nitrogen and oxygen atoms in total. The molecule has 2 heterocycles. The molecule has 20 heavy (non-hydrogen) atoms. The lowest BCUT2D eigenvalue weighted by Gasteiger charge is -2.20. The SMILES string of the molecule is CC(Cc1ccco1)Nc1ccc2c(c1)NC(=O)CO2. The van der Waals surface area contributed by atoms with Crippen molar-refractivity contribution < 1.29 is 13.9 Å². The van der Waals surface area contributed by atoms with E-state index >= 15 is 0 Å². The minimum Gasteiger partial charge on any atom is -0.482 e. The third kappa shape index (κ3) is 2.77. The van der Waals surface area contributed by atoms with Gasteiger partial charge in [-0.25, -0.2) is 0 Å². The number of carbonyl (C=O) groups is 1. The number of carbonyl (C=O) groups excluding carboxylic acids is 1. The van der Waals surface area contributed by atoms with Crippen molar-refractivity contribution in [2.45, 2.75) is 19.4 Å². The number of hydrogen-bond acceptors (Lipinski definition) is 4. The van der Waals surface area contributed by atoms with E-state index < -0.39 is 0 Å². The van der Waals surface area contributed by atoms with Gasteiger partial charge in [-0.2, -0.15) is 0 Å². The molecule has 2 aromatic rings. The summed E-state index contributed by atoms with van der Waals surface area (Å²) in [5.41, 5.74) is 1.64. The van der Waals surface area contributed by atoms with E-state index in [-0.39, 0.29) is 18.6 Å². The van der Waals surface area contributed by atoms with Crippen LogP contribution in [0.4, 0.5) is 11.4 Å². The summed E-state index contributed by atoms with van der Waals surface area (Å²) in [5, 5.41) is 6.17. The van der Waals surface area contributed by atoms with Gasteiger partial charge in [0, 0.05) is 18.2 Å². The standard InChI is InChI=1S/C15H16N2O3/c1-10(7-12-3-2-6-19-12)16-11-4-5-14-13(8-11)17-15(18)9-20-14/h2-6,8,10,16H,7,9H2,1H3,(H,17,18). The molecule has 0 radical (unpaired) electrons. The third-order valence-corrected chi connectivity index (χ3v) is 3.11. The molecule has 2 N–H and O–H groups in total. The van der Waals surface area contributed by atoms with Gasteiger partial charge in [0.15, 0.2) is 6.61 Å². The van der Waals surface area contributed by atoms with Crippen LogP contribution in [0.25, 0.3) is 0 Å². The van der Waals surface area contributed by atoms with Crippen molar-refractivity contribution in [2.24, 2.45) is 0 Å². The number of fused-ring (bicyclic) bond motifs is 1. The average molecular weight is 272 g/mol. The van der Waals surface area contributed by atoms with Crippen LogP contribution in [0.3, 0.4) is 0 Å². The summed E-state index contributed by atoms with van der Waals surface area (Å²) in [6.45, 7) is 2.16. The number of rotatable bonds is 4. The highest BCUT2D eigenvalue weighted by atomic mass is 16.5. The minimum atomic E-state index is -0.127. The minimum absolute atomic E-state index is 0.0780. The van der Waals surface area contributed by atoms with Gasteiger partial charge < -0.3 is 19.8 Å². The van der Waals surface area contributed by atoms with E-state index in [0.717, 1.165) is 17.9 Å². The molecular formula is C15H16N2O3. The van der Waals surface area contributed by atoms with Crippen molar-refractivity contribution in [3.63, 3.8) is 0 Å². The maximum atomic E-state index is 11.3. The van der Waals surface area contributed by atoms with Gasteiger partial charge in [-0.1, -0.05) is 0 Å². The predicted octanol–water partition coefficient (Wildman–Crippen LogP) is 2.65. The van der Waals surface area contributed by atoms with Gasteiger partial charge in [0.05, 0.1) is 12.0 Å². The van der Waals surface area contributed by atoms with Gasteiger partial charge in [-0.3, -0.25) is 4.79 Å². The zero-order valence-electron chi connectivity index (χ0n) is 11.2. The number of benzene rings is 1. The number of nitrogens with one attached hydrogen (secondary N) is 2. The van der Waals surface area contributed by atoms with Crippen molar-refractivity contribution in [3.05, 3.63) is 42.4 Å². The number of furan rings is 1. The first-order valence-corrected chi connectivity index (χ1v) is 6.56.